The normalized spacial score (nSPS) is 14.7. The molecule has 0 amide bonds. The van der Waals surface area contributed by atoms with Gasteiger partial charge in [0.15, 0.2) is 5.69 Å². The van der Waals surface area contributed by atoms with Crippen LogP contribution in [-0.2, 0) is 4.74 Å². The number of nitrogens with one attached hydrogen (secondary N) is 1. The lowest BCUT2D eigenvalue weighted by atomic mass is 10.1. The Hall–Kier alpha value is -3.25. The molecule has 2 heterocycles. The number of rotatable bonds is 4. The Labute approximate surface area is 143 Å². The summed E-state index contributed by atoms with van der Waals surface area (Å²) in [6.45, 7) is 1.18. The highest BCUT2D eigenvalue weighted by atomic mass is 16.6. The largest absolute Gasteiger partial charge is 0.381 e. The average Bonchev–Trinajstić information content (AvgIpc) is 2.62. The molecule has 3 rings (SSSR count). The fourth-order valence-electron chi connectivity index (χ4n) is 2.68. The van der Waals surface area contributed by atoms with E-state index in [0.717, 1.165) is 12.8 Å². The van der Waals surface area contributed by atoms with Gasteiger partial charge in [-0.3, -0.25) is 10.1 Å². The molecular formula is C16H16N6O3. The van der Waals surface area contributed by atoms with Crippen molar-refractivity contribution in [2.75, 3.05) is 24.3 Å². The van der Waals surface area contributed by atoms with E-state index in [1.165, 1.54) is 0 Å². The minimum atomic E-state index is -0.519. The van der Waals surface area contributed by atoms with E-state index in [4.69, 9.17) is 15.7 Å². The first-order chi connectivity index (χ1) is 12.1. The predicted molar refractivity (Wildman–Crippen MR) is 90.7 cm³/mol. The van der Waals surface area contributed by atoms with Crippen molar-refractivity contribution in [2.45, 2.75) is 18.9 Å². The van der Waals surface area contributed by atoms with Gasteiger partial charge in [0.2, 0.25) is 11.8 Å². The van der Waals surface area contributed by atoms with Crippen molar-refractivity contribution in [2.24, 2.45) is 0 Å². The fraction of sp³-hybridized carbons (Fsp3) is 0.312. The van der Waals surface area contributed by atoms with Crippen LogP contribution >= 0.6 is 0 Å². The molecule has 1 aliphatic heterocycles. The van der Waals surface area contributed by atoms with Crippen LogP contribution in [0.25, 0.3) is 11.3 Å². The first kappa shape index (κ1) is 16.6. The number of anilines is 2. The highest BCUT2D eigenvalue weighted by Gasteiger charge is 2.27. The maximum absolute atomic E-state index is 11.7. The molecule has 1 aromatic heterocycles. The van der Waals surface area contributed by atoms with E-state index >= 15 is 0 Å². The van der Waals surface area contributed by atoms with Crippen LogP contribution in [-0.4, -0.2) is 34.1 Å². The van der Waals surface area contributed by atoms with Crippen molar-refractivity contribution in [3.63, 3.8) is 0 Å². The summed E-state index contributed by atoms with van der Waals surface area (Å²) in [4.78, 5) is 19.2. The van der Waals surface area contributed by atoms with Gasteiger partial charge < -0.3 is 15.8 Å². The molecule has 1 saturated heterocycles. The summed E-state index contributed by atoms with van der Waals surface area (Å²) in [6, 6.07) is 8.38. The number of hydrogen-bond acceptors (Lipinski definition) is 8. The van der Waals surface area contributed by atoms with Gasteiger partial charge in [-0.05, 0) is 25.0 Å². The molecule has 1 aliphatic rings. The van der Waals surface area contributed by atoms with E-state index in [9.17, 15) is 10.1 Å². The van der Waals surface area contributed by atoms with Crippen molar-refractivity contribution in [1.29, 1.82) is 5.26 Å². The summed E-state index contributed by atoms with van der Waals surface area (Å²) >= 11 is 0. The average molecular weight is 340 g/mol. The Balaban J connectivity index is 2.04. The third-order valence-electron chi connectivity index (χ3n) is 3.93. The van der Waals surface area contributed by atoms with Crippen LogP contribution in [0.1, 0.15) is 18.4 Å². The molecule has 3 N–H and O–H groups in total. The topological polar surface area (TPSA) is 140 Å². The Morgan fingerprint density at radius 2 is 1.96 bits per heavy atom. The summed E-state index contributed by atoms with van der Waals surface area (Å²) in [5.41, 5.74) is 6.60. The fourth-order valence-corrected chi connectivity index (χ4v) is 2.68. The summed E-state index contributed by atoms with van der Waals surface area (Å²) in [7, 11) is 0. The van der Waals surface area contributed by atoms with Crippen LogP contribution in [0.5, 0.6) is 0 Å². The lowest BCUT2D eigenvalue weighted by Crippen LogP contribution is -2.28. The monoisotopic (exact) mass is 340 g/mol. The van der Waals surface area contributed by atoms with Crippen LogP contribution < -0.4 is 11.1 Å². The highest BCUT2D eigenvalue weighted by Crippen LogP contribution is 2.35. The molecule has 0 atom stereocenters. The van der Waals surface area contributed by atoms with E-state index in [0.29, 0.717) is 24.3 Å². The zero-order valence-electron chi connectivity index (χ0n) is 13.3. The number of nitrogens with two attached hydrogens (primary N) is 1. The quantitative estimate of drug-likeness (QED) is 0.637. The van der Waals surface area contributed by atoms with Crippen LogP contribution in [0.3, 0.4) is 0 Å². The molecule has 25 heavy (non-hydrogen) atoms. The molecule has 9 nitrogen and oxygen atoms in total. The molecule has 1 fully saturated rings. The van der Waals surface area contributed by atoms with E-state index < -0.39 is 4.92 Å². The lowest BCUT2D eigenvalue weighted by molar-refractivity contribution is -0.383. The molecule has 128 valence electrons. The Kier molecular flexibility index (Phi) is 4.72. The minimum absolute atomic E-state index is 0.0237. The van der Waals surface area contributed by atoms with Gasteiger partial charge in [0.25, 0.3) is 0 Å². The number of nitro groups is 1. The maximum Gasteiger partial charge on any atom is 0.337 e. The molecule has 0 bridgehead atoms. The molecule has 0 radical (unpaired) electrons. The number of nitrogens with zero attached hydrogens (tertiary/aromatic N) is 4. The number of nitrogen functional groups attached to an aromatic ring is 1. The third-order valence-corrected chi connectivity index (χ3v) is 3.93. The van der Waals surface area contributed by atoms with Crippen LogP contribution in [0.2, 0.25) is 0 Å². The van der Waals surface area contributed by atoms with Crippen molar-refractivity contribution in [1.82, 2.24) is 9.97 Å². The first-order valence-corrected chi connectivity index (χ1v) is 7.75. The predicted octanol–water partition coefficient (Wildman–Crippen LogP) is 2.10. The molecular weight excluding hydrogens is 324 g/mol. The number of hydrogen-bond donors (Lipinski definition) is 2. The smallest absolute Gasteiger partial charge is 0.337 e. The zero-order chi connectivity index (χ0) is 17.8. The van der Waals surface area contributed by atoms with Gasteiger partial charge >= 0.3 is 5.69 Å². The van der Waals surface area contributed by atoms with Gasteiger partial charge in [0.05, 0.1) is 16.6 Å². The SMILES string of the molecule is N#Cc1ccc(-c2nc(N)nc(NC3CCOCC3)c2[N+](=O)[O-])cc1. The molecule has 0 spiro atoms. The Bertz CT molecular complexity index is 825. The molecule has 0 aliphatic carbocycles. The summed E-state index contributed by atoms with van der Waals surface area (Å²) in [6.07, 6.45) is 1.46. The van der Waals surface area contributed by atoms with Crippen molar-refractivity contribution >= 4 is 17.5 Å². The van der Waals surface area contributed by atoms with Gasteiger partial charge in [-0.1, -0.05) is 12.1 Å². The van der Waals surface area contributed by atoms with Gasteiger partial charge in [-0.15, -0.1) is 0 Å². The Morgan fingerprint density at radius 3 is 2.56 bits per heavy atom. The number of nitriles is 1. The van der Waals surface area contributed by atoms with Gasteiger partial charge in [0.1, 0.15) is 0 Å². The minimum Gasteiger partial charge on any atom is -0.381 e. The molecule has 0 saturated carbocycles. The second-order valence-electron chi connectivity index (χ2n) is 5.60. The number of ether oxygens (including phenoxy) is 1. The van der Waals surface area contributed by atoms with Gasteiger partial charge in [0, 0.05) is 24.8 Å². The van der Waals surface area contributed by atoms with E-state index in [-0.39, 0.29) is 29.2 Å². The molecule has 1 aromatic carbocycles. The van der Waals surface area contributed by atoms with Gasteiger partial charge in [-0.25, -0.2) is 4.98 Å². The summed E-state index contributed by atoms with van der Waals surface area (Å²) in [5, 5.41) is 23.6. The molecule has 0 unspecified atom stereocenters. The van der Waals surface area contributed by atoms with Crippen LogP contribution in [0.15, 0.2) is 24.3 Å². The van der Waals surface area contributed by atoms with E-state index in [2.05, 4.69) is 15.3 Å². The first-order valence-electron chi connectivity index (χ1n) is 7.75. The lowest BCUT2D eigenvalue weighted by Gasteiger charge is -2.23. The van der Waals surface area contributed by atoms with Crippen LogP contribution in [0, 0.1) is 21.4 Å². The number of aromatic nitrogens is 2. The molecule has 9 heteroatoms. The van der Waals surface area contributed by atoms with Crippen molar-refractivity contribution in [3.05, 3.63) is 39.9 Å². The standard InChI is InChI=1S/C16H16N6O3/c17-9-10-1-3-11(4-2-10)13-14(22(23)24)15(21-16(18)20-13)19-12-5-7-25-8-6-12/h1-4,12H,5-8H2,(H3,18,19,20,21). The summed E-state index contributed by atoms with van der Waals surface area (Å²) < 4.78 is 5.30. The van der Waals surface area contributed by atoms with Crippen molar-refractivity contribution < 1.29 is 9.66 Å². The van der Waals surface area contributed by atoms with Crippen molar-refractivity contribution in [3.8, 4) is 17.3 Å². The second kappa shape index (κ2) is 7.11. The van der Waals surface area contributed by atoms with E-state index in [1.807, 2.05) is 6.07 Å². The van der Waals surface area contributed by atoms with Gasteiger partial charge in [-0.2, -0.15) is 10.2 Å². The second-order valence-corrected chi connectivity index (χ2v) is 5.60. The Morgan fingerprint density at radius 1 is 1.28 bits per heavy atom. The highest BCUT2D eigenvalue weighted by molar-refractivity contribution is 5.78. The third kappa shape index (κ3) is 3.64. The van der Waals surface area contributed by atoms with E-state index in [1.54, 1.807) is 24.3 Å². The van der Waals surface area contributed by atoms with Crippen LogP contribution in [0.4, 0.5) is 17.5 Å². The molecule has 2 aromatic rings. The maximum atomic E-state index is 11.7. The number of benzene rings is 1. The zero-order valence-corrected chi connectivity index (χ0v) is 13.3. The summed E-state index contributed by atoms with van der Waals surface area (Å²) in [5.74, 6) is 0.0447.